The molecular weight excluding hydrogens is 202 g/mol. The van der Waals surface area contributed by atoms with Gasteiger partial charge in [-0.05, 0) is 25.0 Å². The summed E-state index contributed by atoms with van der Waals surface area (Å²) in [5.74, 6) is 0. The lowest BCUT2D eigenvalue weighted by molar-refractivity contribution is 0.767. The van der Waals surface area contributed by atoms with E-state index in [9.17, 15) is 0 Å². The fourth-order valence-electron chi connectivity index (χ4n) is 1.44. The molecule has 86 valence electrons. The molecule has 0 atom stereocenters. The minimum absolute atomic E-state index is 0.286. The largest absolute Gasteiger partial charge is 0.401 e. The topological polar surface area (TPSA) is 95.9 Å². The second-order valence-corrected chi connectivity index (χ2v) is 4.30. The molecule has 1 heterocycles. The van der Waals surface area contributed by atoms with Crippen LogP contribution in [-0.2, 0) is 7.05 Å². The van der Waals surface area contributed by atoms with Crippen LogP contribution in [0.1, 0.15) is 18.4 Å². The Labute approximate surface area is 94.6 Å². The minimum atomic E-state index is -0.286. The lowest BCUT2D eigenvalue weighted by atomic mass is 10.1. The predicted octanol–water partition coefficient (Wildman–Crippen LogP) is 0.0536. The van der Waals surface area contributed by atoms with E-state index in [0.29, 0.717) is 11.4 Å². The Morgan fingerprint density at radius 1 is 1.44 bits per heavy atom. The van der Waals surface area contributed by atoms with E-state index in [1.54, 1.807) is 23.0 Å². The molecule has 1 aliphatic rings. The van der Waals surface area contributed by atoms with Crippen LogP contribution in [0.2, 0.25) is 0 Å². The van der Waals surface area contributed by atoms with Crippen LogP contribution in [0.4, 0.5) is 0 Å². The zero-order valence-corrected chi connectivity index (χ0v) is 9.35. The first kappa shape index (κ1) is 10.8. The maximum atomic E-state index is 5.94. The standard InChI is InChI=1S/C11H17N5/c1-16-7-8(6-15-16)9(12)2-3-10(13)11(14)4-5-11/h2-3,6-7H,4-5,12-14H2,1H3/b9-2-,10-3-. The fourth-order valence-corrected chi connectivity index (χ4v) is 1.44. The Morgan fingerprint density at radius 2 is 2.12 bits per heavy atom. The van der Waals surface area contributed by atoms with Crippen molar-refractivity contribution in [3.63, 3.8) is 0 Å². The quantitative estimate of drug-likeness (QED) is 0.626. The number of aryl methyl sites for hydroxylation is 1. The third-order valence-corrected chi connectivity index (χ3v) is 2.84. The lowest BCUT2D eigenvalue weighted by Gasteiger charge is -2.07. The summed E-state index contributed by atoms with van der Waals surface area (Å²) in [5, 5.41) is 4.05. The molecular formula is C11H17N5. The van der Waals surface area contributed by atoms with Gasteiger partial charge in [-0.25, -0.2) is 0 Å². The number of hydrogen-bond donors (Lipinski definition) is 3. The molecule has 0 saturated heterocycles. The van der Waals surface area contributed by atoms with Gasteiger partial charge in [0.25, 0.3) is 0 Å². The van der Waals surface area contributed by atoms with Crippen molar-refractivity contribution in [2.45, 2.75) is 18.4 Å². The third kappa shape index (κ3) is 2.09. The Hall–Kier alpha value is -1.75. The summed E-state index contributed by atoms with van der Waals surface area (Å²) in [6.45, 7) is 0. The number of hydrogen-bond acceptors (Lipinski definition) is 4. The van der Waals surface area contributed by atoms with Gasteiger partial charge in [0.1, 0.15) is 0 Å². The number of nitrogens with zero attached hydrogens (tertiary/aromatic N) is 2. The first-order chi connectivity index (χ1) is 7.51. The van der Waals surface area contributed by atoms with Crippen LogP contribution in [-0.4, -0.2) is 15.3 Å². The highest BCUT2D eigenvalue weighted by atomic mass is 15.2. The summed E-state index contributed by atoms with van der Waals surface area (Å²) in [6, 6.07) is 0. The maximum Gasteiger partial charge on any atom is 0.0582 e. The van der Waals surface area contributed by atoms with Crippen molar-refractivity contribution in [3.05, 3.63) is 35.8 Å². The van der Waals surface area contributed by atoms with Gasteiger partial charge in [-0.2, -0.15) is 5.10 Å². The van der Waals surface area contributed by atoms with Gasteiger partial charge in [0, 0.05) is 30.2 Å². The van der Waals surface area contributed by atoms with Crippen molar-refractivity contribution in [1.29, 1.82) is 0 Å². The Morgan fingerprint density at radius 3 is 2.62 bits per heavy atom. The molecule has 1 aromatic heterocycles. The zero-order chi connectivity index (χ0) is 11.8. The number of rotatable bonds is 3. The summed E-state index contributed by atoms with van der Waals surface area (Å²) in [7, 11) is 1.85. The van der Waals surface area contributed by atoms with Gasteiger partial charge < -0.3 is 17.2 Å². The van der Waals surface area contributed by atoms with Crippen molar-refractivity contribution in [1.82, 2.24) is 9.78 Å². The molecule has 1 saturated carbocycles. The summed E-state index contributed by atoms with van der Waals surface area (Å²) in [5.41, 5.74) is 19.6. The second-order valence-electron chi connectivity index (χ2n) is 4.30. The summed E-state index contributed by atoms with van der Waals surface area (Å²) >= 11 is 0. The normalized spacial score (nSPS) is 19.9. The molecule has 0 unspecified atom stereocenters. The van der Waals surface area contributed by atoms with Crippen LogP contribution < -0.4 is 17.2 Å². The SMILES string of the molecule is Cn1cc(/C(N)=C/C=C(\N)C2(N)CC2)cn1. The van der Waals surface area contributed by atoms with Crippen LogP contribution in [0.15, 0.2) is 30.2 Å². The molecule has 5 nitrogen and oxygen atoms in total. The molecule has 16 heavy (non-hydrogen) atoms. The van der Waals surface area contributed by atoms with Gasteiger partial charge in [-0.15, -0.1) is 0 Å². The smallest absolute Gasteiger partial charge is 0.0582 e. The molecule has 1 aromatic rings. The number of aromatic nitrogens is 2. The summed E-state index contributed by atoms with van der Waals surface area (Å²) in [4.78, 5) is 0. The highest BCUT2D eigenvalue weighted by molar-refractivity contribution is 5.63. The maximum absolute atomic E-state index is 5.94. The Bertz CT molecular complexity index is 451. The highest BCUT2D eigenvalue weighted by Crippen LogP contribution is 2.36. The number of nitrogens with two attached hydrogens (primary N) is 3. The van der Waals surface area contributed by atoms with E-state index in [2.05, 4.69) is 5.10 Å². The molecule has 0 radical (unpaired) electrons. The van der Waals surface area contributed by atoms with Gasteiger partial charge in [-0.3, -0.25) is 4.68 Å². The van der Waals surface area contributed by atoms with Crippen LogP contribution in [0.25, 0.3) is 5.70 Å². The molecule has 1 fully saturated rings. The first-order valence-corrected chi connectivity index (χ1v) is 5.22. The monoisotopic (exact) mass is 219 g/mol. The molecule has 1 aliphatic carbocycles. The summed E-state index contributed by atoms with van der Waals surface area (Å²) < 4.78 is 1.70. The van der Waals surface area contributed by atoms with Gasteiger partial charge in [0.2, 0.25) is 0 Å². The van der Waals surface area contributed by atoms with Crippen molar-refractivity contribution in [2.24, 2.45) is 24.2 Å². The molecule has 0 bridgehead atoms. The fraction of sp³-hybridized carbons (Fsp3) is 0.364. The summed E-state index contributed by atoms with van der Waals surface area (Å²) in [6.07, 6.45) is 9.04. The van der Waals surface area contributed by atoms with E-state index in [4.69, 9.17) is 17.2 Å². The lowest BCUT2D eigenvalue weighted by Crippen LogP contribution is -2.29. The van der Waals surface area contributed by atoms with Crippen LogP contribution >= 0.6 is 0 Å². The molecule has 2 rings (SSSR count). The first-order valence-electron chi connectivity index (χ1n) is 5.22. The second kappa shape index (κ2) is 3.68. The third-order valence-electron chi connectivity index (χ3n) is 2.84. The van der Waals surface area contributed by atoms with Crippen LogP contribution in [0.3, 0.4) is 0 Å². The molecule has 0 aliphatic heterocycles. The van der Waals surface area contributed by atoms with E-state index < -0.39 is 0 Å². The molecule has 5 heteroatoms. The van der Waals surface area contributed by atoms with Gasteiger partial charge in [0.15, 0.2) is 0 Å². The Balaban J connectivity index is 2.13. The van der Waals surface area contributed by atoms with Crippen molar-refractivity contribution < 1.29 is 0 Å². The van der Waals surface area contributed by atoms with Crippen molar-refractivity contribution >= 4 is 5.70 Å². The van der Waals surface area contributed by atoms with Gasteiger partial charge >= 0.3 is 0 Å². The molecule has 0 spiro atoms. The highest BCUT2D eigenvalue weighted by Gasteiger charge is 2.40. The molecule has 6 N–H and O–H groups in total. The van der Waals surface area contributed by atoms with E-state index in [1.807, 2.05) is 13.2 Å². The van der Waals surface area contributed by atoms with Crippen molar-refractivity contribution in [3.8, 4) is 0 Å². The predicted molar refractivity (Wildman–Crippen MR) is 63.8 cm³/mol. The van der Waals surface area contributed by atoms with Gasteiger partial charge in [-0.1, -0.05) is 0 Å². The molecule has 0 aromatic carbocycles. The molecule has 0 amide bonds. The average Bonchev–Trinajstić information content (AvgIpc) is 2.85. The van der Waals surface area contributed by atoms with E-state index >= 15 is 0 Å². The van der Waals surface area contributed by atoms with Crippen molar-refractivity contribution in [2.75, 3.05) is 0 Å². The van der Waals surface area contributed by atoms with Gasteiger partial charge in [0.05, 0.1) is 11.7 Å². The van der Waals surface area contributed by atoms with E-state index in [-0.39, 0.29) is 5.54 Å². The zero-order valence-electron chi connectivity index (χ0n) is 9.35. The van der Waals surface area contributed by atoms with Crippen LogP contribution in [0, 0.1) is 0 Å². The number of allylic oxidation sites excluding steroid dienone is 2. The Kier molecular flexibility index (Phi) is 2.47. The van der Waals surface area contributed by atoms with E-state index in [1.165, 1.54) is 0 Å². The minimum Gasteiger partial charge on any atom is -0.401 e. The van der Waals surface area contributed by atoms with E-state index in [0.717, 1.165) is 18.4 Å². The van der Waals surface area contributed by atoms with Crippen LogP contribution in [0.5, 0.6) is 0 Å². The average molecular weight is 219 g/mol.